The highest BCUT2D eigenvalue weighted by atomic mass is 32.1. The van der Waals surface area contributed by atoms with Crippen molar-refractivity contribution >= 4 is 30.1 Å². The number of hydrogen-bond acceptors (Lipinski definition) is 3. The van der Waals surface area contributed by atoms with Crippen molar-refractivity contribution in [2.75, 3.05) is 17.6 Å². The molecule has 21 heavy (non-hydrogen) atoms. The summed E-state index contributed by atoms with van der Waals surface area (Å²) in [5.41, 5.74) is 1.46. The van der Waals surface area contributed by atoms with Gasteiger partial charge in [-0.25, -0.2) is 0 Å². The fourth-order valence-corrected chi connectivity index (χ4v) is 1.89. The Labute approximate surface area is 131 Å². The lowest BCUT2D eigenvalue weighted by Gasteiger charge is -2.06. The van der Waals surface area contributed by atoms with Gasteiger partial charge in [-0.15, -0.1) is 6.42 Å². The van der Waals surface area contributed by atoms with Crippen LogP contribution in [0, 0.1) is 12.3 Å². The van der Waals surface area contributed by atoms with Crippen molar-refractivity contribution in [1.29, 1.82) is 0 Å². The van der Waals surface area contributed by atoms with E-state index >= 15 is 0 Å². The van der Waals surface area contributed by atoms with Gasteiger partial charge in [0.15, 0.2) is 0 Å². The molecule has 1 aromatic rings. The Kier molecular flexibility index (Phi) is 8.07. The zero-order valence-electron chi connectivity index (χ0n) is 11.9. The van der Waals surface area contributed by atoms with E-state index in [2.05, 4.69) is 29.2 Å². The molecule has 1 rings (SSSR count). The smallest absolute Gasteiger partial charge is 0.229 e. The SMILES string of the molecule is C#Cc1cccc(NC(=O)CCCCCNC(=O)CS)c1. The van der Waals surface area contributed by atoms with Gasteiger partial charge in [-0.1, -0.05) is 18.4 Å². The Balaban J connectivity index is 2.17. The molecule has 0 aliphatic heterocycles. The lowest BCUT2D eigenvalue weighted by Crippen LogP contribution is -2.25. The lowest BCUT2D eigenvalue weighted by molar-refractivity contribution is -0.118. The molecule has 0 aliphatic carbocycles. The van der Waals surface area contributed by atoms with Gasteiger partial charge in [-0.2, -0.15) is 12.6 Å². The number of nitrogens with one attached hydrogen (secondary N) is 2. The molecule has 0 spiro atoms. The fourth-order valence-electron chi connectivity index (χ4n) is 1.78. The Morgan fingerprint density at radius 1 is 1.19 bits per heavy atom. The maximum Gasteiger partial charge on any atom is 0.229 e. The van der Waals surface area contributed by atoms with Crippen molar-refractivity contribution in [2.24, 2.45) is 0 Å². The topological polar surface area (TPSA) is 58.2 Å². The molecule has 0 aliphatic rings. The number of terminal acetylenes is 1. The van der Waals surface area contributed by atoms with Gasteiger partial charge in [-0.3, -0.25) is 9.59 Å². The standard InChI is InChI=1S/C16H20N2O2S/c1-2-13-7-6-8-14(11-13)18-15(19)9-4-3-5-10-17-16(20)12-21/h1,6-8,11,21H,3-5,9-10,12H2,(H,17,20)(H,18,19). The average molecular weight is 304 g/mol. The van der Waals surface area contributed by atoms with E-state index in [4.69, 9.17) is 6.42 Å². The Morgan fingerprint density at radius 2 is 2.00 bits per heavy atom. The first-order valence-corrected chi connectivity index (χ1v) is 7.53. The first-order valence-electron chi connectivity index (χ1n) is 6.90. The van der Waals surface area contributed by atoms with Gasteiger partial charge < -0.3 is 10.6 Å². The molecule has 1 aromatic carbocycles. The summed E-state index contributed by atoms with van der Waals surface area (Å²) in [5, 5.41) is 5.56. The van der Waals surface area contributed by atoms with Crippen molar-refractivity contribution in [3.63, 3.8) is 0 Å². The molecular weight excluding hydrogens is 284 g/mol. The largest absolute Gasteiger partial charge is 0.355 e. The van der Waals surface area contributed by atoms with Crippen molar-refractivity contribution in [1.82, 2.24) is 5.32 Å². The van der Waals surface area contributed by atoms with Gasteiger partial charge in [0.1, 0.15) is 0 Å². The van der Waals surface area contributed by atoms with Crippen LogP contribution in [0.4, 0.5) is 5.69 Å². The van der Waals surface area contributed by atoms with E-state index in [1.54, 1.807) is 6.07 Å². The summed E-state index contributed by atoms with van der Waals surface area (Å²) in [4.78, 5) is 22.7. The number of rotatable bonds is 8. The Hall–Kier alpha value is -1.93. The molecule has 5 heteroatoms. The normalized spacial score (nSPS) is 9.71. The number of unbranched alkanes of at least 4 members (excludes halogenated alkanes) is 2. The second-order valence-corrected chi connectivity index (χ2v) is 4.91. The number of carbonyl (C=O) groups excluding carboxylic acids is 2. The minimum atomic E-state index is -0.0653. The molecule has 0 aromatic heterocycles. The van der Waals surface area contributed by atoms with Crippen molar-refractivity contribution in [3.8, 4) is 12.3 Å². The second-order valence-electron chi connectivity index (χ2n) is 4.59. The molecule has 0 unspecified atom stereocenters. The van der Waals surface area contributed by atoms with Crippen LogP contribution in [0.15, 0.2) is 24.3 Å². The molecule has 112 valence electrons. The van der Waals surface area contributed by atoms with E-state index < -0.39 is 0 Å². The molecule has 0 saturated carbocycles. The van der Waals surface area contributed by atoms with E-state index in [1.165, 1.54) is 0 Å². The number of thiol groups is 1. The lowest BCUT2D eigenvalue weighted by atomic mass is 10.1. The molecule has 4 nitrogen and oxygen atoms in total. The van der Waals surface area contributed by atoms with E-state index in [0.29, 0.717) is 13.0 Å². The molecule has 0 bridgehead atoms. The molecule has 0 radical (unpaired) electrons. The van der Waals surface area contributed by atoms with Gasteiger partial charge in [0.05, 0.1) is 5.75 Å². The summed E-state index contributed by atoms with van der Waals surface area (Å²) in [6, 6.07) is 7.21. The number of benzene rings is 1. The molecule has 0 saturated heterocycles. The number of carbonyl (C=O) groups is 2. The van der Waals surface area contributed by atoms with Crippen molar-refractivity contribution < 1.29 is 9.59 Å². The zero-order valence-corrected chi connectivity index (χ0v) is 12.8. The summed E-state index contributed by atoms with van der Waals surface area (Å²) in [6.07, 6.45) is 8.31. The third-order valence-electron chi connectivity index (χ3n) is 2.86. The predicted molar refractivity (Wildman–Crippen MR) is 88.3 cm³/mol. The third-order valence-corrected chi connectivity index (χ3v) is 3.15. The quantitative estimate of drug-likeness (QED) is 0.392. The van der Waals surface area contributed by atoms with Gasteiger partial charge in [0, 0.05) is 24.2 Å². The predicted octanol–water partition coefficient (Wildman–Crippen LogP) is 2.21. The van der Waals surface area contributed by atoms with Gasteiger partial charge in [0.25, 0.3) is 0 Å². The Morgan fingerprint density at radius 3 is 2.71 bits per heavy atom. The molecular formula is C16H20N2O2S. The van der Waals surface area contributed by atoms with Crippen LogP contribution >= 0.6 is 12.6 Å². The molecule has 0 atom stereocenters. The maximum atomic E-state index is 11.8. The Bertz CT molecular complexity index is 523. The second kappa shape index (κ2) is 9.89. The van der Waals surface area contributed by atoms with E-state index in [-0.39, 0.29) is 17.6 Å². The van der Waals surface area contributed by atoms with Gasteiger partial charge in [0.2, 0.25) is 11.8 Å². The van der Waals surface area contributed by atoms with Crippen LogP contribution in [0.5, 0.6) is 0 Å². The third kappa shape index (κ3) is 7.42. The first kappa shape index (κ1) is 17.1. The van der Waals surface area contributed by atoms with Crippen molar-refractivity contribution in [3.05, 3.63) is 29.8 Å². The summed E-state index contributed by atoms with van der Waals surface area (Å²) in [6.45, 7) is 0.630. The maximum absolute atomic E-state index is 11.8. The van der Waals surface area contributed by atoms with E-state index in [0.717, 1.165) is 30.5 Å². The van der Waals surface area contributed by atoms with Crippen LogP contribution in [0.1, 0.15) is 31.2 Å². The first-order chi connectivity index (χ1) is 10.2. The molecule has 0 heterocycles. The summed E-state index contributed by atoms with van der Waals surface area (Å²) < 4.78 is 0. The summed E-state index contributed by atoms with van der Waals surface area (Å²) in [7, 11) is 0. The molecule has 0 fully saturated rings. The van der Waals surface area contributed by atoms with E-state index in [1.807, 2.05) is 18.2 Å². The van der Waals surface area contributed by atoms with Crippen LogP contribution in [-0.2, 0) is 9.59 Å². The highest BCUT2D eigenvalue weighted by Gasteiger charge is 2.03. The van der Waals surface area contributed by atoms with Crippen LogP contribution in [-0.4, -0.2) is 24.1 Å². The molecule has 2 N–H and O–H groups in total. The average Bonchev–Trinajstić information content (AvgIpc) is 2.50. The summed E-state index contributed by atoms with van der Waals surface area (Å²) in [5.74, 6) is 2.65. The summed E-state index contributed by atoms with van der Waals surface area (Å²) >= 11 is 3.87. The molecule has 2 amide bonds. The number of hydrogen-bond donors (Lipinski definition) is 3. The highest BCUT2D eigenvalue weighted by Crippen LogP contribution is 2.10. The van der Waals surface area contributed by atoms with Gasteiger partial charge >= 0.3 is 0 Å². The van der Waals surface area contributed by atoms with Crippen LogP contribution < -0.4 is 10.6 Å². The van der Waals surface area contributed by atoms with Crippen LogP contribution in [0.25, 0.3) is 0 Å². The minimum Gasteiger partial charge on any atom is -0.355 e. The van der Waals surface area contributed by atoms with E-state index in [9.17, 15) is 9.59 Å². The zero-order chi connectivity index (χ0) is 15.5. The van der Waals surface area contributed by atoms with Crippen molar-refractivity contribution in [2.45, 2.75) is 25.7 Å². The van der Waals surface area contributed by atoms with Crippen LogP contribution in [0.2, 0.25) is 0 Å². The van der Waals surface area contributed by atoms with Crippen LogP contribution in [0.3, 0.4) is 0 Å². The van der Waals surface area contributed by atoms with Gasteiger partial charge in [-0.05, 0) is 31.0 Å². The number of anilines is 1. The fraction of sp³-hybridized carbons (Fsp3) is 0.375. The monoisotopic (exact) mass is 304 g/mol. The number of amides is 2. The minimum absolute atomic E-state index is 0.0245. The highest BCUT2D eigenvalue weighted by molar-refractivity contribution is 7.81.